The molecule has 2 aromatic rings. The largest absolute Gasteiger partial charge is 0.497 e. The van der Waals surface area contributed by atoms with Gasteiger partial charge in [-0.3, -0.25) is 9.10 Å². The van der Waals surface area contributed by atoms with Crippen molar-refractivity contribution in [2.24, 2.45) is 0 Å². The number of nitrogens with zero attached hydrogens (tertiary/aromatic N) is 1. The highest BCUT2D eigenvalue weighted by molar-refractivity contribution is 7.92. The average molecular weight is 439 g/mol. The first-order valence-corrected chi connectivity index (χ1v) is 11.0. The standard InChI is InChI=1S/C20H23ClN2O5S/c1-27-17-8-10-19(11-9-17)29(25,26)23(16-6-4-15(21)5-7-16)14-20(24)22-13-18-3-2-12-28-18/h4-11,18H,2-3,12-14H2,1H3,(H,22,24). The second-order valence-corrected chi connectivity index (χ2v) is 8.90. The first-order chi connectivity index (χ1) is 13.9. The smallest absolute Gasteiger partial charge is 0.264 e. The number of rotatable bonds is 8. The zero-order chi connectivity index (χ0) is 20.9. The van der Waals surface area contributed by atoms with Crippen LogP contribution in [-0.2, 0) is 19.6 Å². The molecule has 1 saturated heterocycles. The Kier molecular flexibility index (Phi) is 7.00. The number of sulfonamides is 1. The lowest BCUT2D eigenvalue weighted by molar-refractivity contribution is -0.120. The lowest BCUT2D eigenvalue weighted by Crippen LogP contribution is -2.42. The molecule has 29 heavy (non-hydrogen) atoms. The lowest BCUT2D eigenvalue weighted by atomic mass is 10.2. The Hall–Kier alpha value is -2.29. The van der Waals surface area contributed by atoms with Crippen molar-refractivity contribution < 1.29 is 22.7 Å². The third-order valence-corrected chi connectivity index (χ3v) is 6.64. The van der Waals surface area contributed by atoms with Gasteiger partial charge in [0.25, 0.3) is 10.0 Å². The van der Waals surface area contributed by atoms with Crippen LogP contribution in [0, 0.1) is 0 Å². The molecule has 1 unspecified atom stereocenters. The van der Waals surface area contributed by atoms with Gasteiger partial charge in [0.1, 0.15) is 12.3 Å². The Morgan fingerprint density at radius 2 is 1.90 bits per heavy atom. The molecule has 9 heteroatoms. The van der Waals surface area contributed by atoms with Crippen LogP contribution in [0.15, 0.2) is 53.4 Å². The van der Waals surface area contributed by atoms with Gasteiger partial charge in [0.15, 0.2) is 0 Å². The summed E-state index contributed by atoms with van der Waals surface area (Å²) in [4.78, 5) is 12.6. The maximum absolute atomic E-state index is 13.3. The summed E-state index contributed by atoms with van der Waals surface area (Å²) in [5.41, 5.74) is 0.345. The fourth-order valence-electron chi connectivity index (χ4n) is 3.02. The minimum Gasteiger partial charge on any atom is -0.497 e. The van der Waals surface area contributed by atoms with Crippen LogP contribution in [-0.4, -0.2) is 47.2 Å². The summed E-state index contributed by atoms with van der Waals surface area (Å²) in [5, 5.41) is 3.23. The zero-order valence-corrected chi connectivity index (χ0v) is 17.6. The van der Waals surface area contributed by atoms with Gasteiger partial charge in [-0.25, -0.2) is 8.42 Å². The minimum atomic E-state index is -3.98. The molecule has 0 aliphatic carbocycles. The van der Waals surface area contributed by atoms with E-state index in [-0.39, 0.29) is 17.5 Å². The zero-order valence-electron chi connectivity index (χ0n) is 16.0. The predicted molar refractivity (Wildman–Crippen MR) is 111 cm³/mol. The summed E-state index contributed by atoms with van der Waals surface area (Å²) in [5.74, 6) is 0.129. The number of halogens is 1. The Labute approximate surface area is 175 Å². The first kappa shape index (κ1) is 21.4. The number of nitrogens with one attached hydrogen (secondary N) is 1. The Balaban J connectivity index is 1.83. The Morgan fingerprint density at radius 3 is 2.48 bits per heavy atom. The Morgan fingerprint density at radius 1 is 1.21 bits per heavy atom. The third kappa shape index (κ3) is 5.41. The van der Waals surface area contributed by atoms with Crippen LogP contribution in [0.25, 0.3) is 0 Å². The molecule has 0 saturated carbocycles. The van der Waals surface area contributed by atoms with Gasteiger partial charge in [0.2, 0.25) is 5.91 Å². The van der Waals surface area contributed by atoms with Crippen LogP contribution in [0.1, 0.15) is 12.8 Å². The van der Waals surface area contributed by atoms with Gasteiger partial charge in [-0.1, -0.05) is 11.6 Å². The Bertz CT molecular complexity index is 926. The van der Waals surface area contributed by atoms with Crippen molar-refractivity contribution in [3.8, 4) is 5.75 Å². The van der Waals surface area contributed by atoms with Gasteiger partial charge in [-0.05, 0) is 61.4 Å². The van der Waals surface area contributed by atoms with Crippen molar-refractivity contribution in [2.45, 2.75) is 23.8 Å². The number of carbonyl (C=O) groups is 1. The van der Waals surface area contributed by atoms with Crippen molar-refractivity contribution in [3.05, 3.63) is 53.6 Å². The molecule has 1 aliphatic rings. The SMILES string of the molecule is COc1ccc(S(=O)(=O)N(CC(=O)NCC2CCCO2)c2ccc(Cl)cc2)cc1. The van der Waals surface area contributed by atoms with E-state index in [1.54, 1.807) is 36.4 Å². The summed E-state index contributed by atoms with van der Waals surface area (Å²) in [6.45, 7) is 0.682. The van der Waals surface area contributed by atoms with Crippen molar-refractivity contribution in [2.75, 3.05) is 31.1 Å². The summed E-state index contributed by atoms with van der Waals surface area (Å²) in [7, 11) is -2.48. The summed E-state index contributed by atoms with van der Waals surface area (Å²) < 4.78 is 38.2. The molecule has 0 bridgehead atoms. The van der Waals surface area contributed by atoms with Crippen LogP contribution >= 0.6 is 11.6 Å². The minimum absolute atomic E-state index is 0.0267. The molecule has 1 N–H and O–H groups in total. The maximum Gasteiger partial charge on any atom is 0.264 e. The van der Waals surface area contributed by atoms with Gasteiger partial charge in [-0.15, -0.1) is 0 Å². The van der Waals surface area contributed by atoms with E-state index in [4.69, 9.17) is 21.1 Å². The fourth-order valence-corrected chi connectivity index (χ4v) is 4.56. The number of hydrogen-bond donors (Lipinski definition) is 1. The van der Waals surface area contributed by atoms with E-state index in [1.807, 2.05) is 0 Å². The molecule has 0 spiro atoms. The second kappa shape index (κ2) is 9.47. The van der Waals surface area contributed by atoms with Gasteiger partial charge in [-0.2, -0.15) is 0 Å². The quantitative estimate of drug-likeness (QED) is 0.685. The number of methoxy groups -OCH3 is 1. The fraction of sp³-hybridized carbons (Fsp3) is 0.350. The van der Waals surface area contributed by atoms with Gasteiger partial charge >= 0.3 is 0 Å². The number of ether oxygens (including phenoxy) is 2. The summed E-state index contributed by atoms with van der Waals surface area (Å²) in [6, 6.07) is 12.3. The molecular weight excluding hydrogens is 416 g/mol. The second-order valence-electron chi connectivity index (χ2n) is 6.60. The lowest BCUT2D eigenvalue weighted by Gasteiger charge is -2.24. The highest BCUT2D eigenvalue weighted by Gasteiger charge is 2.27. The third-order valence-electron chi connectivity index (χ3n) is 4.60. The van der Waals surface area contributed by atoms with E-state index in [2.05, 4.69) is 5.32 Å². The molecule has 3 rings (SSSR count). The van der Waals surface area contributed by atoms with Crippen molar-refractivity contribution in [1.82, 2.24) is 5.32 Å². The van der Waals surface area contributed by atoms with Crippen LogP contribution in [0.2, 0.25) is 5.02 Å². The molecule has 1 fully saturated rings. The molecule has 7 nitrogen and oxygen atoms in total. The highest BCUT2D eigenvalue weighted by atomic mass is 35.5. The molecule has 2 aromatic carbocycles. The molecule has 1 amide bonds. The number of carbonyl (C=O) groups excluding carboxylic acids is 1. The van der Waals surface area contributed by atoms with E-state index in [0.29, 0.717) is 29.6 Å². The monoisotopic (exact) mass is 438 g/mol. The van der Waals surface area contributed by atoms with Gasteiger partial charge in [0, 0.05) is 18.2 Å². The van der Waals surface area contributed by atoms with Crippen molar-refractivity contribution in [3.63, 3.8) is 0 Å². The molecule has 1 aliphatic heterocycles. The number of benzene rings is 2. The van der Waals surface area contributed by atoms with Gasteiger partial charge < -0.3 is 14.8 Å². The van der Waals surface area contributed by atoms with Crippen molar-refractivity contribution in [1.29, 1.82) is 0 Å². The topological polar surface area (TPSA) is 84.9 Å². The van der Waals surface area contributed by atoms with Crippen molar-refractivity contribution >= 4 is 33.2 Å². The van der Waals surface area contributed by atoms with Crippen LogP contribution in [0.3, 0.4) is 0 Å². The normalized spacial score (nSPS) is 16.4. The summed E-state index contributed by atoms with van der Waals surface area (Å²) >= 11 is 5.93. The molecule has 0 aromatic heterocycles. The maximum atomic E-state index is 13.3. The number of anilines is 1. The molecular formula is C20H23ClN2O5S. The molecule has 0 radical (unpaired) electrons. The summed E-state index contributed by atoms with van der Waals surface area (Å²) in [6.07, 6.45) is 1.82. The molecule has 1 heterocycles. The van der Waals surface area contributed by atoms with E-state index >= 15 is 0 Å². The first-order valence-electron chi connectivity index (χ1n) is 9.21. The highest BCUT2D eigenvalue weighted by Crippen LogP contribution is 2.26. The van der Waals surface area contributed by atoms with Gasteiger partial charge in [0.05, 0.1) is 23.8 Å². The number of hydrogen-bond acceptors (Lipinski definition) is 5. The molecule has 1 atom stereocenters. The predicted octanol–water partition coefficient (Wildman–Crippen LogP) is 2.84. The van der Waals surface area contributed by atoms with Crippen LogP contribution in [0.4, 0.5) is 5.69 Å². The van der Waals surface area contributed by atoms with E-state index in [1.165, 1.54) is 19.2 Å². The number of amides is 1. The molecule has 156 valence electrons. The average Bonchev–Trinajstić information content (AvgIpc) is 3.25. The van der Waals surface area contributed by atoms with E-state index in [9.17, 15) is 13.2 Å². The van der Waals surface area contributed by atoms with Crippen LogP contribution < -0.4 is 14.4 Å². The van der Waals surface area contributed by atoms with E-state index in [0.717, 1.165) is 17.1 Å². The van der Waals surface area contributed by atoms with Crippen LogP contribution in [0.5, 0.6) is 5.75 Å². The van der Waals surface area contributed by atoms with E-state index < -0.39 is 15.9 Å².